The average molecular weight is 235 g/mol. The lowest BCUT2D eigenvalue weighted by Crippen LogP contribution is -2.37. The molecule has 3 nitrogen and oxygen atoms in total. The van der Waals surface area contributed by atoms with Crippen molar-refractivity contribution in [1.82, 2.24) is 0 Å². The van der Waals surface area contributed by atoms with E-state index >= 15 is 0 Å². The zero-order valence-corrected chi connectivity index (χ0v) is 9.46. The van der Waals surface area contributed by atoms with Gasteiger partial charge in [-0.1, -0.05) is 18.9 Å². The van der Waals surface area contributed by atoms with E-state index in [4.69, 9.17) is 4.74 Å². The van der Waals surface area contributed by atoms with Gasteiger partial charge in [-0.05, 0) is 25.0 Å². The van der Waals surface area contributed by atoms with E-state index in [9.17, 15) is 9.18 Å². The van der Waals surface area contributed by atoms with Crippen molar-refractivity contribution < 1.29 is 13.9 Å². The van der Waals surface area contributed by atoms with Gasteiger partial charge in [-0.3, -0.25) is 4.79 Å². The maximum Gasteiger partial charge on any atom is 0.234 e. The first kappa shape index (κ1) is 10.6. The molecule has 4 heteroatoms. The second-order valence-electron chi connectivity index (χ2n) is 4.85. The molecule has 0 saturated heterocycles. The van der Waals surface area contributed by atoms with Gasteiger partial charge in [0.1, 0.15) is 6.61 Å². The summed E-state index contributed by atoms with van der Waals surface area (Å²) in [7, 11) is 0. The van der Waals surface area contributed by atoms with E-state index in [-0.39, 0.29) is 18.3 Å². The van der Waals surface area contributed by atoms with Gasteiger partial charge in [0.05, 0.1) is 11.1 Å². The molecule has 2 aliphatic rings. The number of benzene rings is 1. The fraction of sp³-hybridized carbons (Fsp3) is 0.462. The fourth-order valence-electron chi connectivity index (χ4n) is 2.71. The molecule has 1 fully saturated rings. The third-order valence-electron chi connectivity index (χ3n) is 3.75. The van der Waals surface area contributed by atoms with Crippen LogP contribution in [0.15, 0.2) is 18.2 Å². The number of carbonyl (C=O) groups excluding carboxylic acids is 1. The average Bonchev–Trinajstić information content (AvgIpc) is 2.72. The van der Waals surface area contributed by atoms with Crippen molar-refractivity contribution >= 4 is 11.6 Å². The van der Waals surface area contributed by atoms with E-state index < -0.39 is 11.2 Å². The Bertz CT molecular complexity index is 466. The van der Waals surface area contributed by atoms with Crippen LogP contribution in [0.2, 0.25) is 0 Å². The van der Waals surface area contributed by atoms with Crippen LogP contribution >= 0.6 is 0 Å². The number of nitrogens with one attached hydrogen (secondary N) is 1. The normalized spacial score (nSPS) is 21.6. The van der Waals surface area contributed by atoms with Gasteiger partial charge < -0.3 is 10.1 Å². The molecule has 0 atom stereocenters. The summed E-state index contributed by atoms with van der Waals surface area (Å²) < 4.78 is 19.1. The number of hydrogen-bond acceptors (Lipinski definition) is 2. The summed E-state index contributed by atoms with van der Waals surface area (Å²) in [6, 6.07) is 4.59. The van der Waals surface area contributed by atoms with Crippen LogP contribution in [-0.4, -0.2) is 12.5 Å². The van der Waals surface area contributed by atoms with Crippen molar-refractivity contribution in [3.8, 4) is 5.75 Å². The molecular weight excluding hydrogens is 221 g/mol. The van der Waals surface area contributed by atoms with Gasteiger partial charge in [0, 0.05) is 0 Å². The zero-order valence-electron chi connectivity index (χ0n) is 9.46. The number of carbonyl (C=O) groups is 1. The van der Waals surface area contributed by atoms with Crippen LogP contribution in [0.3, 0.4) is 0 Å². The first-order chi connectivity index (χ1) is 8.21. The summed E-state index contributed by atoms with van der Waals surface area (Å²) >= 11 is 0. The van der Waals surface area contributed by atoms with E-state index in [0.717, 1.165) is 25.7 Å². The third-order valence-corrected chi connectivity index (χ3v) is 3.75. The van der Waals surface area contributed by atoms with Gasteiger partial charge in [-0.25, -0.2) is 4.39 Å². The summed E-state index contributed by atoms with van der Waals surface area (Å²) in [6.07, 6.45) is 3.73. The van der Waals surface area contributed by atoms with Crippen LogP contribution in [-0.2, 0) is 4.79 Å². The number of ether oxygens (including phenoxy) is 1. The zero-order chi connectivity index (χ0) is 11.9. The lowest BCUT2D eigenvalue weighted by Gasteiger charge is -2.23. The first-order valence-corrected chi connectivity index (χ1v) is 5.94. The molecule has 1 N–H and O–H groups in total. The van der Waals surface area contributed by atoms with E-state index in [2.05, 4.69) is 5.32 Å². The van der Waals surface area contributed by atoms with Crippen LogP contribution in [0.1, 0.15) is 25.7 Å². The summed E-state index contributed by atoms with van der Waals surface area (Å²) in [4.78, 5) is 12.2. The topological polar surface area (TPSA) is 38.3 Å². The summed E-state index contributed by atoms with van der Waals surface area (Å²) in [6.45, 7) is 0.284. The molecule has 0 aromatic heterocycles. The third kappa shape index (κ3) is 1.59. The van der Waals surface area contributed by atoms with Gasteiger partial charge in [0.2, 0.25) is 5.91 Å². The number of halogens is 1. The standard InChI is InChI=1S/C13H14FNO2/c14-9-4-3-5-10-11(9)17-8-13(12(16)15-10)6-1-2-7-13/h3-5H,1-2,6-8H2,(H,15,16). The Morgan fingerprint density at radius 1 is 1.29 bits per heavy atom. The van der Waals surface area contributed by atoms with Crippen molar-refractivity contribution in [2.75, 3.05) is 11.9 Å². The highest BCUT2D eigenvalue weighted by Gasteiger charge is 2.44. The molecule has 0 unspecified atom stereocenters. The molecular formula is C13H14FNO2. The summed E-state index contributed by atoms with van der Waals surface area (Å²) in [5, 5.41) is 2.79. The number of amides is 1. The number of fused-ring (bicyclic) bond motifs is 1. The highest BCUT2D eigenvalue weighted by atomic mass is 19.1. The van der Waals surface area contributed by atoms with Crippen LogP contribution in [0.25, 0.3) is 0 Å². The molecule has 1 aliphatic heterocycles. The Kier molecular flexibility index (Phi) is 2.31. The number of para-hydroxylation sites is 1. The number of anilines is 1. The first-order valence-electron chi connectivity index (χ1n) is 5.94. The molecule has 90 valence electrons. The van der Waals surface area contributed by atoms with Gasteiger partial charge in [-0.15, -0.1) is 0 Å². The Labute approximate surface area is 99.0 Å². The predicted octanol–water partition coefficient (Wildman–Crippen LogP) is 2.72. The SMILES string of the molecule is O=C1Nc2cccc(F)c2OCC12CCCC2. The Morgan fingerprint density at radius 2 is 2.06 bits per heavy atom. The fourth-order valence-corrected chi connectivity index (χ4v) is 2.71. The summed E-state index contributed by atoms with van der Waals surface area (Å²) in [5.41, 5.74) is -0.00961. The maximum absolute atomic E-state index is 13.6. The molecule has 0 bridgehead atoms. The monoisotopic (exact) mass is 235 g/mol. The van der Waals surface area contributed by atoms with Gasteiger partial charge in [-0.2, -0.15) is 0 Å². The van der Waals surface area contributed by atoms with E-state index in [1.165, 1.54) is 6.07 Å². The van der Waals surface area contributed by atoms with Crippen LogP contribution < -0.4 is 10.1 Å². The lowest BCUT2D eigenvalue weighted by molar-refractivity contribution is -0.126. The molecule has 1 heterocycles. The smallest absolute Gasteiger partial charge is 0.234 e. The van der Waals surface area contributed by atoms with E-state index in [0.29, 0.717) is 5.69 Å². The largest absolute Gasteiger partial charge is 0.487 e. The Balaban J connectivity index is 1.99. The second-order valence-corrected chi connectivity index (χ2v) is 4.85. The van der Waals surface area contributed by atoms with Crippen molar-refractivity contribution in [3.05, 3.63) is 24.0 Å². The molecule has 1 aliphatic carbocycles. The Hall–Kier alpha value is -1.58. The van der Waals surface area contributed by atoms with Crippen LogP contribution in [0, 0.1) is 11.2 Å². The molecule has 1 spiro atoms. The van der Waals surface area contributed by atoms with Crippen molar-refractivity contribution in [2.24, 2.45) is 5.41 Å². The molecule has 1 aromatic carbocycles. The highest BCUT2D eigenvalue weighted by Crippen LogP contribution is 2.43. The molecule has 1 amide bonds. The molecule has 1 saturated carbocycles. The minimum atomic E-state index is -0.453. The minimum Gasteiger partial charge on any atom is -0.487 e. The van der Waals surface area contributed by atoms with E-state index in [1.807, 2.05) is 0 Å². The van der Waals surface area contributed by atoms with Crippen molar-refractivity contribution in [3.63, 3.8) is 0 Å². The molecule has 0 radical (unpaired) electrons. The van der Waals surface area contributed by atoms with Crippen LogP contribution in [0.4, 0.5) is 10.1 Å². The van der Waals surface area contributed by atoms with Gasteiger partial charge in [0.25, 0.3) is 0 Å². The van der Waals surface area contributed by atoms with Gasteiger partial charge in [0.15, 0.2) is 11.6 Å². The quantitative estimate of drug-likeness (QED) is 0.750. The van der Waals surface area contributed by atoms with Gasteiger partial charge >= 0.3 is 0 Å². The Morgan fingerprint density at radius 3 is 2.82 bits per heavy atom. The summed E-state index contributed by atoms with van der Waals surface area (Å²) in [5.74, 6) is -0.276. The number of hydrogen-bond donors (Lipinski definition) is 1. The molecule has 3 rings (SSSR count). The second kappa shape index (κ2) is 3.72. The maximum atomic E-state index is 13.6. The van der Waals surface area contributed by atoms with Crippen LogP contribution in [0.5, 0.6) is 5.75 Å². The predicted molar refractivity (Wildman–Crippen MR) is 61.4 cm³/mol. The molecule has 1 aromatic rings. The lowest BCUT2D eigenvalue weighted by atomic mass is 9.86. The van der Waals surface area contributed by atoms with Crippen molar-refractivity contribution in [2.45, 2.75) is 25.7 Å². The highest BCUT2D eigenvalue weighted by molar-refractivity contribution is 5.97. The van der Waals surface area contributed by atoms with E-state index in [1.54, 1.807) is 12.1 Å². The molecule has 17 heavy (non-hydrogen) atoms. The number of rotatable bonds is 0. The minimum absolute atomic E-state index is 0.0284. The van der Waals surface area contributed by atoms with Crippen molar-refractivity contribution in [1.29, 1.82) is 0 Å².